The number of imidazole rings is 1. The fraction of sp³-hybridized carbons (Fsp3) is 0.562. The number of fused-ring (bicyclic) bond motifs is 1. The number of nitrogens with zero attached hydrogens (tertiary/aromatic N) is 2. The summed E-state index contributed by atoms with van der Waals surface area (Å²) in [5.74, 6) is 0.853. The first kappa shape index (κ1) is 12.7. The first-order valence-electron chi connectivity index (χ1n) is 7.49. The van der Waals surface area contributed by atoms with E-state index >= 15 is 0 Å². The van der Waals surface area contributed by atoms with Gasteiger partial charge in [0.1, 0.15) is 5.65 Å². The highest BCUT2D eigenvalue weighted by atomic mass is 15.0. The Labute approximate surface area is 115 Å². The van der Waals surface area contributed by atoms with Crippen LogP contribution in [-0.2, 0) is 6.54 Å². The molecule has 0 aliphatic heterocycles. The van der Waals surface area contributed by atoms with Gasteiger partial charge in [-0.2, -0.15) is 0 Å². The summed E-state index contributed by atoms with van der Waals surface area (Å²) in [5, 5.41) is 3.65. The van der Waals surface area contributed by atoms with Crippen LogP contribution in [0, 0.1) is 5.92 Å². The average molecular weight is 257 g/mol. The first-order valence-corrected chi connectivity index (χ1v) is 7.49. The molecule has 1 fully saturated rings. The lowest BCUT2D eigenvalue weighted by atomic mass is 9.84. The monoisotopic (exact) mass is 257 g/mol. The van der Waals surface area contributed by atoms with Crippen LogP contribution >= 0.6 is 0 Å². The molecule has 1 N–H and O–H groups in total. The summed E-state index contributed by atoms with van der Waals surface area (Å²) < 4.78 is 2.09. The summed E-state index contributed by atoms with van der Waals surface area (Å²) in [6, 6.07) is 6.72. The zero-order valence-corrected chi connectivity index (χ0v) is 11.7. The maximum absolute atomic E-state index is 4.63. The lowest BCUT2D eigenvalue weighted by Crippen LogP contribution is -2.34. The molecule has 1 aliphatic rings. The van der Waals surface area contributed by atoms with Gasteiger partial charge >= 0.3 is 0 Å². The van der Waals surface area contributed by atoms with Crippen molar-refractivity contribution in [3.63, 3.8) is 0 Å². The van der Waals surface area contributed by atoms with Crippen molar-refractivity contribution in [2.75, 3.05) is 0 Å². The van der Waals surface area contributed by atoms with Gasteiger partial charge in [-0.05, 0) is 37.8 Å². The minimum absolute atomic E-state index is 0.602. The van der Waals surface area contributed by atoms with Gasteiger partial charge in [-0.3, -0.25) is 0 Å². The molecule has 0 amide bonds. The van der Waals surface area contributed by atoms with Crippen molar-refractivity contribution < 1.29 is 0 Å². The van der Waals surface area contributed by atoms with Gasteiger partial charge in [-0.15, -0.1) is 0 Å². The minimum atomic E-state index is 0.602. The van der Waals surface area contributed by atoms with Crippen molar-refractivity contribution in [1.82, 2.24) is 14.7 Å². The summed E-state index contributed by atoms with van der Waals surface area (Å²) in [7, 11) is 0. The van der Waals surface area contributed by atoms with E-state index < -0.39 is 0 Å². The van der Waals surface area contributed by atoms with E-state index in [1.165, 1.54) is 32.1 Å². The van der Waals surface area contributed by atoms with Gasteiger partial charge in [0.05, 0.1) is 5.69 Å². The van der Waals surface area contributed by atoms with E-state index in [0.29, 0.717) is 6.04 Å². The van der Waals surface area contributed by atoms with E-state index in [9.17, 15) is 0 Å². The second kappa shape index (κ2) is 5.74. The van der Waals surface area contributed by atoms with Crippen molar-refractivity contribution in [3.05, 3.63) is 36.3 Å². The molecule has 2 aromatic heterocycles. The van der Waals surface area contributed by atoms with Crippen LogP contribution < -0.4 is 5.32 Å². The summed E-state index contributed by atoms with van der Waals surface area (Å²) in [5.41, 5.74) is 2.17. The van der Waals surface area contributed by atoms with Crippen LogP contribution in [0.1, 0.15) is 44.7 Å². The van der Waals surface area contributed by atoms with Crippen molar-refractivity contribution >= 4 is 5.65 Å². The van der Waals surface area contributed by atoms with Crippen molar-refractivity contribution in [2.24, 2.45) is 5.92 Å². The molecule has 2 aromatic rings. The molecule has 102 valence electrons. The van der Waals surface area contributed by atoms with Gasteiger partial charge in [-0.25, -0.2) is 4.98 Å². The predicted octanol–water partition coefficient (Wildman–Crippen LogP) is 3.39. The molecule has 0 radical (unpaired) electrons. The summed E-state index contributed by atoms with van der Waals surface area (Å²) in [4.78, 5) is 4.63. The third-order valence-corrected chi connectivity index (χ3v) is 4.38. The Hall–Kier alpha value is -1.35. The topological polar surface area (TPSA) is 29.3 Å². The van der Waals surface area contributed by atoms with Crippen LogP contribution in [0.15, 0.2) is 30.6 Å². The number of aromatic nitrogens is 2. The van der Waals surface area contributed by atoms with Crippen molar-refractivity contribution in [1.29, 1.82) is 0 Å². The molecular weight excluding hydrogens is 234 g/mol. The van der Waals surface area contributed by atoms with Crippen LogP contribution in [-0.4, -0.2) is 15.4 Å². The molecule has 1 atom stereocenters. The van der Waals surface area contributed by atoms with E-state index in [-0.39, 0.29) is 0 Å². The molecule has 0 unspecified atom stereocenters. The van der Waals surface area contributed by atoms with Crippen molar-refractivity contribution in [2.45, 2.75) is 51.6 Å². The van der Waals surface area contributed by atoms with E-state index in [2.05, 4.69) is 34.0 Å². The Bertz CT molecular complexity index is 493. The van der Waals surface area contributed by atoms with Crippen molar-refractivity contribution in [3.8, 4) is 0 Å². The third-order valence-electron chi connectivity index (χ3n) is 4.38. The summed E-state index contributed by atoms with van der Waals surface area (Å²) in [6.45, 7) is 3.20. The van der Waals surface area contributed by atoms with Crippen LogP contribution in [0.25, 0.3) is 5.65 Å². The molecule has 0 spiro atoms. The molecule has 0 bridgehead atoms. The van der Waals surface area contributed by atoms with Gasteiger partial charge in [0, 0.05) is 25.0 Å². The van der Waals surface area contributed by atoms with Gasteiger partial charge in [0.25, 0.3) is 0 Å². The maximum Gasteiger partial charge on any atom is 0.137 e. The average Bonchev–Trinajstić information content (AvgIpc) is 2.88. The zero-order chi connectivity index (χ0) is 13.1. The van der Waals surface area contributed by atoms with E-state index in [0.717, 1.165) is 23.8 Å². The number of hydrogen-bond acceptors (Lipinski definition) is 2. The second-order valence-corrected chi connectivity index (χ2v) is 5.77. The highest BCUT2D eigenvalue weighted by molar-refractivity contribution is 5.39. The fourth-order valence-electron chi connectivity index (χ4n) is 3.14. The lowest BCUT2D eigenvalue weighted by Gasteiger charge is -2.28. The van der Waals surface area contributed by atoms with Gasteiger partial charge in [0.2, 0.25) is 0 Å². The molecule has 0 aromatic carbocycles. The van der Waals surface area contributed by atoms with Crippen LogP contribution in [0.2, 0.25) is 0 Å². The Morgan fingerprint density at radius 2 is 2.16 bits per heavy atom. The molecule has 3 rings (SSSR count). The Morgan fingerprint density at radius 3 is 2.95 bits per heavy atom. The number of rotatable bonds is 4. The SMILES string of the molecule is C[C@@H](NCc1cn2ccccc2n1)C1CCCCC1. The zero-order valence-electron chi connectivity index (χ0n) is 11.7. The van der Waals surface area contributed by atoms with Gasteiger partial charge in [0.15, 0.2) is 0 Å². The Morgan fingerprint density at radius 1 is 1.32 bits per heavy atom. The largest absolute Gasteiger partial charge is 0.308 e. The van der Waals surface area contributed by atoms with E-state index in [4.69, 9.17) is 0 Å². The number of pyridine rings is 1. The molecule has 1 saturated carbocycles. The third kappa shape index (κ3) is 2.98. The van der Waals surface area contributed by atoms with Crippen LogP contribution in [0.4, 0.5) is 0 Å². The van der Waals surface area contributed by atoms with E-state index in [1.807, 2.05) is 18.2 Å². The second-order valence-electron chi connectivity index (χ2n) is 5.77. The molecule has 0 saturated heterocycles. The Balaban J connectivity index is 1.58. The Kier molecular flexibility index (Phi) is 3.83. The fourth-order valence-corrected chi connectivity index (χ4v) is 3.14. The normalized spacial score (nSPS) is 18.8. The standard InChI is InChI=1S/C16H23N3/c1-13(14-7-3-2-4-8-14)17-11-15-12-19-10-6-5-9-16(19)18-15/h5-6,9-10,12-14,17H,2-4,7-8,11H2,1H3/t13-/m1/s1. The predicted molar refractivity (Wildman–Crippen MR) is 78.1 cm³/mol. The van der Waals surface area contributed by atoms with Gasteiger partial charge in [-0.1, -0.05) is 25.3 Å². The maximum atomic E-state index is 4.63. The highest BCUT2D eigenvalue weighted by Gasteiger charge is 2.19. The molecule has 1 aliphatic carbocycles. The quantitative estimate of drug-likeness (QED) is 0.909. The molecule has 3 heteroatoms. The minimum Gasteiger partial charge on any atom is -0.308 e. The summed E-state index contributed by atoms with van der Waals surface area (Å²) >= 11 is 0. The highest BCUT2D eigenvalue weighted by Crippen LogP contribution is 2.26. The lowest BCUT2D eigenvalue weighted by molar-refractivity contribution is 0.280. The number of hydrogen-bond donors (Lipinski definition) is 1. The first-order chi connectivity index (χ1) is 9.33. The summed E-state index contributed by atoms with van der Waals surface area (Å²) in [6.07, 6.45) is 11.2. The molecule has 2 heterocycles. The van der Waals surface area contributed by atoms with Crippen LogP contribution in [0.3, 0.4) is 0 Å². The van der Waals surface area contributed by atoms with E-state index in [1.54, 1.807) is 0 Å². The van der Waals surface area contributed by atoms with Gasteiger partial charge < -0.3 is 9.72 Å². The molecule has 19 heavy (non-hydrogen) atoms. The van der Waals surface area contributed by atoms with Crippen LogP contribution in [0.5, 0.6) is 0 Å². The molecule has 3 nitrogen and oxygen atoms in total. The smallest absolute Gasteiger partial charge is 0.137 e. The number of nitrogens with one attached hydrogen (secondary N) is 1. The molecular formula is C16H23N3.